The van der Waals surface area contributed by atoms with Crippen molar-refractivity contribution in [2.75, 3.05) is 0 Å². The number of hydrogen-bond donors (Lipinski definition) is 0. The van der Waals surface area contributed by atoms with E-state index in [2.05, 4.69) is 61.0 Å². The number of nitrogens with zero attached hydrogens (tertiary/aromatic N) is 1. The summed E-state index contributed by atoms with van der Waals surface area (Å²) >= 11 is 0. The number of fused-ring (bicyclic) bond motifs is 1. The maximum Gasteiger partial charge on any atom is 0.0379 e. The Morgan fingerprint density at radius 3 is 2.60 bits per heavy atom. The lowest BCUT2D eigenvalue weighted by atomic mass is 9.96. The van der Waals surface area contributed by atoms with Gasteiger partial charge in [-0.2, -0.15) is 0 Å². The molecule has 0 aliphatic heterocycles. The monoisotopic (exact) mass is 259 g/mol. The summed E-state index contributed by atoms with van der Waals surface area (Å²) in [6, 6.07) is 15.1. The first kappa shape index (κ1) is 12.6. The van der Waals surface area contributed by atoms with Crippen molar-refractivity contribution in [3.8, 4) is 11.1 Å². The SMILES string of the molecule is C=Cc1ccc(C)c(-c2ccc3cc(C)ncc3c2)c1. The zero-order valence-corrected chi connectivity index (χ0v) is 11.9. The Morgan fingerprint density at radius 2 is 1.80 bits per heavy atom. The van der Waals surface area contributed by atoms with Gasteiger partial charge < -0.3 is 0 Å². The molecular formula is C19H17N. The van der Waals surface area contributed by atoms with Gasteiger partial charge in [0.1, 0.15) is 0 Å². The van der Waals surface area contributed by atoms with Crippen LogP contribution in [0.5, 0.6) is 0 Å². The third-order valence-corrected chi connectivity index (χ3v) is 3.67. The minimum absolute atomic E-state index is 1.05. The van der Waals surface area contributed by atoms with Crippen molar-refractivity contribution in [3.05, 3.63) is 72.1 Å². The van der Waals surface area contributed by atoms with Crippen molar-refractivity contribution in [2.45, 2.75) is 13.8 Å². The van der Waals surface area contributed by atoms with E-state index >= 15 is 0 Å². The van der Waals surface area contributed by atoms with Crippen molar-refractivity contribution in [1.29, 1.82) is 0 Å². The van der Waals surface area contributed by atoms with E-state index < -0.39 is 0 Å². The molecule has 0 unspecified atom stereocenters. The molecule has 20 heavy (non-hydrogen) atoms. The first-order valence-electron chi connectivity index (χ1n) is 6.77. The van der Waals surface area contributed by atoms with E-state index in [1.807, 2.05) is 19.2 Å². The molecule has 0 N–H and O–H groups in total. The summed E-state index contributed by atoms with van der Waals surface area (Å²) in [6.45, 7) is 8.00. The minimum Gasteiger partial charge on any atom is -0.261 e. The van der Waals surface area contributed by atoms with Gasteiger partial charge in [0.05, 0.1) is 0 Å². The largest absolute Gasteiger partial charge is 0.261 e. The molecule has 3 aromatic rings. The van der Waals surface area contributed by atoms with E-state index in [-0.39, 0.29) is 0 Å². The van der Waals surface area contributed by atoms with Gasteiger partial charge in [-0.05, 0) is 59.7 Å². The topological polar surface area (TPSA) is 12.9 Å². The number of aryl methyl sites for hydroxylation is 2. The highest BCUT2D eigenvalue weighted by Crippen LogP contribution is 2.28. The van der Waals surface area contributed by atoms with Gasteiger partial charge in [0.15, 0.2) is 0 Å². The van der Waals surface area contributed by atoms with Gasteiger partial charge in [-0.1, -0.05) is 36.9 Å². The second kappa shape index (κ2) is 4.93. The van der Waals surface area contributed by atoms with Crippen LogP contribution in [0.3, 0.4) is 0 Å². The van der Waals surface area contributed by atoms with Crippen LogP contribution in [0.15, 0.2) is 55.2 Å². The van der Waals surface area contributed by atoms with E-state index in [1.165, 1.54) is 27.5 Å². The van der Waals surface area contributed by atoms with Gasteiger partial charge in [0, 0.05) is 17.3 Å². The molecule has 1 heteroatoms. The average molecular weight is 259 g/mol. The molecule has 98 valence electrons. The van der Waals surface area contributed by atoms with E-state index in [9.17, 15) is 0 Å². The Labute approximate surface area is 119 Å². The van der Waals surface area contributed by atoms with Crippen molar-refractivity contribution >= 4 is 16.8 Å². The number of hydrogen-bond acceptors (Lipinski definition) is 1. The molecule has 0 fully saturated rings. The first-order chi connectivity index (χ1) is 9.67. The lowest BCUT2D eigenvalue weighted by molar-refractivity contribution is 1.22. The number of aromatic nitrogens is 1. The molecule has 0 aliphatic carbocycles. The Morgan fingerprint density at radius 1 is 0.950 bits per heavy atom. The zero-order chi connectivity index (χ0) is 14.1. The van der Waals surface area contributed by atoms with Crippen LogP contribution in [0.25, 0.3) is 28.0 Å². The molecule has 0 aliphatic rings. The van der Waals surface area contributed by atoms with Crippen molar-refractivity contribution < 1.29 is 0 Å². The summed E-state index contributed by atoms with van der Waals surface area (Å²) in [4.78, 5) is 4.38. The van der Waals surface area contributed by atoms with E-state index in [1.54, 1.807) is 0 Å². The molecule has 0 amide bonds. The van der Waals surface area contributed by atoms with Crippen LogP contribution >= 0.6 is 0 Å². The predicted molar refractivity (Wildman–Crippen MR) is 86.7 cm³/mol. The third kappa shape index (κ3) is 2.23. The van der Waals surface area contributed by atoms with Crippen LogP contribution < -0.4 is 0 Å². The smallest absolute Gasteiger partial charge is 0.0379 e. The van der Waals surface area contributed by atoms with Gasteiger partial charge in [-0.15, -0.1) is 0 Å². The Hall–Kier alpha value is -2.41. The lowest BCUT2D eigenvalue weighted by Gasteiger charge is -2.09. The van der Waals surface area contributed by atoms with E-state index in [0.717, 1.165) is 11.3 Å². The summed E-state index contributed by atoms with van der Waals surface area (Å²) in [5, 5.41) is 2.41. The fourth-order valence-corrected chi connectivity index (χ4v) is 2.50. The van der Waals surface area contributed by atoms with E-state index in [4.69, 9.17) is 0 Å². The highest BCUT2D eigenvalue weighted by molar-refractivity contribution is 5.87. The maximum atomic E-state index is 4.38. The summed E-state index contributed by atoms with van der Waals surface area (Å²) in [6.07, 6.45) is 3.83. The van der Waals surface area contributed by atoms with Crippen LogP contribution in [0, 0.1) is 13.8 Å². The number of rotatable bonds is 2. The van der Waals surface area contributed by atoms with E-state index in [0.29, 0.717) is 0 Å². The van der Waals surface area contributed by atoms with Crippen molar-refractivity contribution in [3.63, 3.8) is 0 Å². The summed E-state index contributed by atoms with van der Waals surface area (Å²) in [5.74, 6) is 0. The molecule has 0 saturated heterocycles. The average Bonchev–Trinajstić information content (AvgIpc) is 2.47. The number of benzene rings is 2. The van der Waals surface area contributed by atoms with Gasteiger partial charge in [-0.25, -0.2) is 0 Å². The standard InChI is InChI=1S/C19H17N/c1-4-15-6-5-13(2)19(10-15)17-8-7-16-9-14(3)20-12-18(16)11-17/h4-12H,1H2,2-3H3. The molecule has 1 heterocycles. The Balaban J connectivity index is 2.19. The minimum atomic E-state index is 1.05. The summed E-state index contributed by atoms with van der Waals surface area (Å²) in [7, 11) is 0. The molecule has 0 radical (unpaired) electrons. The fourth-order valence-electron chi connectivity index (χ4n) is 2.50. The second-order valence-electron chi connectivity index (χ2n) is 5.17. The molecular weight excluding hydrogens is 242 g/mol. The van der Waals surface area contributed by atoms with Gasteiger partial charge >= 0.3 is 0 Å². The van der Waals surface area contributed by atoms with Crippen molar-refractivity contribution in [2.24, 2.45) is 0 Å². The van der Waals surface area contributed by atoms with Gasteiger partial charge in [0.25, 0.3) is 0 Å². The van der Waals surface area contributed by atoms with Crippen LogP contribution in [0.1, 0.15) is 16.8 Å². The highest BCUT2D eigenvalue weighted by Gasteiger charge is 2.04. The Bertz CT molecular complexity index is 800. The highest BCUT2D eigenvalue weighted by atomic mass is 14.6. The lowest BCUT2D eigenvalue weighted by Crippen LogP contribution is -1.86. The molecule has 3 rings (SSSR count). The first-order valence-corrected chi connectivity index (χ1v) is 6.77. The molecule has 0 bridgehead atoms. The van der Waals surface area contributed by atoms with Crippen LogP contribution in [-0.2, 0) is 0 Å². The van der Waals surface area contributed by atoms with Crippen LogP contribution in [-0.4, -0.2) is 4.98 Å². The normalized spacial score (nSPS) is 10.7. The molecule has 1 aromatic heterocycles. The number of pyridine rings is 1. The van der Waals surface area contributed by atoms with Crippen molar-refractivity contribution in [1.82, 2.24) is 4.98 Å². The van der Waals surface area contributed by atoms with Crippen LogP contribution in [0.2, 0.25) is 0 Å². The molecule has 0 saturated carbocycles. The summed E-state index contributed by atoms with van der Waals surface area (Å²) in [5.41, 5.74) is 5.95. The molecule has 0 spiro atoms. The fraction of sp³-hybridized carbons (Fsp3) is 0.105. The Kier molecular flexibility index (Phi) is 3.11. The summed E-state index contributed by atoms with van der Waals surface area (Å²) < 4.78 is 0. The predicted octanol–water partition coefficient (Wildman–Crippen LogP) is 5.16. The van der Waals surface area contributed by atoms with Crippen LogP contribution in [0.4, 0.5) is 0 Å². The van der Waals surface area contributed by atoms with Gasteiger partial charge in [0.2, 0.25) is 0 Å². The molecule has 2 aromatic carbocycles. The zero-order valence-electron chi connectivity index (χ0n) is 11.9. The van der Waals surface area contributed by atoms with Gasteiger partial charge in [-0.3, -0.25) is 4.98 Å². The third-order valence-electron chi connectivity index (χ3n) is 3.67. The maximum absolute atomic E-state index is 4.38. The quantitative estimate of drug-likeness (QED) is 0.619. The molecule has 0 atom stereocenters. The molecule has 1 nitrogen and oxygen atoms in total. The second-order valence-corrected chi connectivity index (χ2v) is 5.17.